The Morgan fingerprint density at radius 1 is 1.10 bits per heavy atom. The molecule has 2 rings (SSSR count). The number of benzene rings is 2. The summed E-state index contributed by atoms with van der Waals surface area (Å²) in [5, 5.41) is 9.45. The predicted octanol–water partition coefficient (Wildman–Crippen LogP) is 5.43. The molecule has 2 aromatic rings. The molecule has 0 aliphatic rings. The van der Waals surface area contributed by atoms with Gasteiger partial charge in [-0.25, -0.2) is 0 Å². The molecule has 1 nitrogen and oxygen atoms in total. The van der Waals surface area contributed by atoms with Crippen LogP contribution in [-0.2, 0) is 5.75 Å². The van der Waals surface area contributed by atoms with Crippen LogP contribution in [-0.4, -0.2) is 12.5 Å². The van der Waals surface area contributed by atoms with Gasteiger partial charge in [-0.05, 0) is 54.7 Å². The fourth-order valence-corrected chi connectivity index (χ4v) is 3.75. The van der Waals surface area contributed by atoms with Crippen molar-refractivity contribution in [3.63, 3.8) is 0 Å². The molecule has 2 aromatic carbocycles. The van der Waals surface area contributed by atoms with E-state index in [-0.39, 0.29) is 0 Å². The van der Waals surface area contributed by atoms with E-state index in [1.54, 1.807) is 23.5 Å². The van der Waals surface area contributed by atoms with E-state index in [0.29, 0.717) is 0 Å². The minimum Gasteiger partial charge on any atom is -0.192 e. The minimum absolute atomic E-state index is 0.822. The van der Waals surface area contributed by atoms with Gasteiger partial charge in [0, 0.05) is 10.6 Å². The first-order chi connectivity index (χ1) is 10.1. The van der Waals surface area contributed by atoms with Crippen molar-refractivity contribution in [2.45, 2.75) is 24.5 Å². The summed E-state index contributed by atoms with van der Waals surface area (Å²) in [5.41, 5.74) is 6.97. The summed E-state index contributed by atoms with van der Waals surface area (Å²) >= 11 is 3.44. The molecule has 0 unspecified atom stereocenters. The molecule has 3 heteroatoms. The zero-order chi connectivity index (χ0) is 15.4. The molecule has 0 amide bonds. The highest BCUT2D eigenvalue weighted by Gasteiger charge is 2.15. The highest BCUT2D eigenvalue weighted by Crippen LogP contribution is 2.36. The van der Waals surface area contributed by atoms with Crippen LogP contribution >= 0.6 is 23.5 Å². The second-order valence-electron chi connectivity index (χ2n) is 5.02. The van der Waals surface area contributed by atoms with Gasteiger partial charge in [0.25, 0.3) is 0 Å². The number of hydrogen-bond acceptors (Lipinski definition) is 3. The van der Waals surface area contributed by atoms with Gasteiger partial charge in [0.1, 0.15) is 6.07 Å². The van der Waals surface area contributed by atoms with E-state index >= 15 is 0 Å². The standard InChI is InChI=1S/C18H19NS2/c1-12-5-7-14(8-6-12)15-9-18(21-4)16(10-19)13(2)17(15)11-20-3/h5-9H,11H2,1-4H3. The molecule has 0 saturated carbocycles. The van der Waals surface area contributed by atoms with Crippen LogP contribution in [0.25, 0.3) is 11.1 Å². The lowest BCUT2D eigenvalue weighted by atomic mass is 9.93. The fraction of sp³-hybridized carbons (Fsp3) is 0.278. The first-order valence-corrected chi connectivity index (χ1v) is 9.40. The number of hydrogen-bond donors (Lipinski definition) is 0. The number of rotatable bonds is 4. The van der Waals surface area contributed by atoms with Crippen LogP contribution in [0.15, 0.2) is 35.2 Å². The van der Waals surface area contributed by atoms with Gasteiger partial charge in [0.05, 0.1) is 5.56 Å². The van der Waals surface area contributed by atoms with Crippen molar-refractivity contribution in [3.8, 4) is 17.2 Å². The SMILES string of the molecule is CSCc1c(-c2ccc(C)cc2)cc(SC)c(C#N)c1C. The summed E-state index contributed by atoms with van der Waals surface area (Å²) in [6.07, 6.45) is 4.13. The monoisotopic (exact) mass is 313 g/mol. The molecule has 108 valence electrons. The van der Waals surface area contributed by atoms with E-state index in [1.165, 1.54) is 22.3 Å². The van der Waals surface area contributed by atoms with E-state index in [4.69, 9.17) is 0 Å². The Labute approximate surface area is 135 Å². The summed E-state index contributed by atoms with van der Waals surface area (Å²) in [4.78, 5) is 1.07. The van der Waals surface area contributed by atoms with Gasteiger partial charge in [-0.15, -0.1) is 11.8 Å². The third kappa shape index (κ3) is 3.28. The third-order valence-electron chi connectivity index (χ3n) is 3.66. The molecule has 0 atom stereocenters. The number of thioether (sulfide) groups is 2. The van der Waals surface area contributed by atoms with Crippen LogP contribution in [0, 0.1) is 25.2 Å². The van der Waals surface area contributed by atoms with E-state index in [2.05, 4.69) is 56.5 Å². The zero-order valence-corrected chi connectivity index (χ0v) is 14.5. The minimum atomic E-state index is 0.822. The van der Waals surface area contributed by atoms with Crippen LogP contribution in [0.2, 0.25) is 0 Å². The highest BCUT2D eigenvalue weighted by atomic mass is 32.2. The highest BCUT2D eigenvalue weighted by molar-refractivity contribution is 7.98. The molecule has 0 bridgehead atoms. The Balaban J connectivity index is 2.71. The Hall–Kier alpha value is -1.37. The number of aryl methyl sites for hydroxylation is 1. The molecule has 0 fully saturated rings. The van der Waals surface area contributed by atoms with Gasteiger partial charge in [-0.3, -0.25) is 0 Å². The summed E-state index contributed by atoms with van der Waals surface area (Å²) in [5.74, 6) is 0.929. The van der Waals surface area contributed by atoms with Gasteiger partial charge in [0.2, 0.25) is 0 Å². The first-order valence-electron chi connectivity index (χ1n) is 6.79. The van der Waals surface area contributed by atoms with Crippen molar-refractivity contribution in [3.05, 3.63) is 52.6 Å². The molecule has 0 radical (unpaired) electrons. The van der Waals surface area contributed by atoms with Crippen LogP contribution in [0.5, 0.6) is 0 Å². The van der Waals surface area contributed by atoms with E-state index < -0.39 is 0 Å². The van der Waals surface area contributed by atoms with Crippen molar-refractivity contribution < 1.29 is 0 Å². The lowest BCUT2D eigenvalue weighted by Gasteiger charge is -2.16. The fourth-order valence-electron chi connectivity index (χ4n) is 2.45. The van der Waals surface area contributed by atoms with Crippen molar-refractivity contribution in [2.24, 2.45) is 0 Å². The smallest absolute Gasteiger partial charge is 0.101 e. The predicted molar refractivity (Wildman–Crippen MR) is 95.1 cm³/mol. The lowest BCUT2D eigenvalue weighted by Crippen LogP contribution is -1.98. The maximum Gasteiger partial charge on any atom is 0.101 e. The van der Waals surface area contributed by atoms with Crippen LogP contribution in [0.1, 0.15) is 22.3 Å². The van der Waals surface area contributed by atoms with Crippen LogP contribution in [0.4, 0.5) is 0 Å². The molecular formula is C18H19NS2. The van der Waals surface area contributed by atoms with E-state index in [9.17, 15) is 5.26 Å². The molecular weight excluding hydrogens is 294 g/mol. The maximum absolute atomic E-state index is 9.45. The molecule has 21 heavy (non-hydrogen) atoms. The van der Waals surface area contributed by atoms with Gasteiger partial charge >= 0.3 is 0 Å². The van der Waals surface area contributed by atoms with E-state index in [0.717, 1.165) is 21.8 Å². The van der Waals surface area contributed by atoms with Crippen molar-refractivity contribution in [1.29, 1.82) is 5.26 Å². The summed E-state index contributed by atoms with van der Waals surface area (Å²) in [6, 6.07) is 13.2. The normalized spacial score (nSPS) is 10.4. The summed E-state index contributed by atoms with van der Waals surface area (Å²) < 4.78 is 0. The lowest BCUT2D eigenvalue weighted by molar-refractivity contribution is 1.22. The average Bonchev–Trinajstić information content (AvgIpc) is 2.50. The zero-order valence-electron chi connectivity index (χ0n) is 12.9. The Kier molecular flexibility index (Phi) is 5.39. The number of nitrogens with zero attached hydrogens (tertiary/aromatic N) is 1. The first kappa shape index (κ1) is 16.0. The second-order valence-corrected chi connectivity index (χ2v) is 6.73. The van der Waals surface area contributed by atoms with Crippen molar-refractivity contribution in [2.75, 3.05) is 12.5 Å². The van der Waals surface area contributed by atoms with Crippen LogP contribution < -0.4 is 0 Å². The van der Waals surface area contributed by atoms with Gasteiger partial charge in [0.15, 0.2) is 0 Å². The maximum atomic E-state index is 9.45. The Bertz CT molecular complexity index is 682. The number of nitriles is 1. The third-order valence-corrected chi connectivity index (χ3v) is 5.00. The quantitative estimate of drug-likeness (QED) is 0.703. The molecule has 0 saturated heterocycles. The van der Waals surface area contributed by atoms with Gasteiger partial charge in [-0.1, -0.05) is 29.8 Å². The topological polar surface area (TPSA) is 23.8 Å². The molecule has 0 heterocycles. The van der Waals surface area contributed by atoms with Gasteiger partial charge < -0.3 is 0 Å². The summed E-state index contributed by atoms with van der Waals surface area (Å²) in [7, 11) is 0. The largest absolute Gasteiger partial charge is 0.192 e. The Morgan fingerprint density at radius 3 is 2.29 bits per heavy atom. The summed E-state index contributed by atoms with van der Waals surface area (Å²) in [6.45, 7) is 4.17. The molecule has 0 aliphatic carbocycles. The molecule has 0 aromatic heterocycles. The van der Waals surface area contributed by atoms with E-state index in [1.807, 2.05) is 6.26 Å². The Morgan fingerprint density at radius 2 is 1.76 bits per heavy atom. The van der Waals surface area contributed by atoms with Crippen molar-refractivity contribution >= 4 is 23.5 Å². The molecule has 0 aliphatic heterocycles. The second kappa shape index (κ2) is 7.06. The average molecular weight is 313 g/mol. The van der Waals surface area contributed by atoms with Crippen molar-refractivity contribution in [1.82, 2.24) is 0 Å². The molecule has 0 spiro atoms. The molecule has 0 N–H and O–H groups in total. The van der Waals surface area contributed by atoms with Crippen LogP contribution in [0.3, 0.4) is 0 Å². The van der Waals surface area contributed by atoms with Gasteiger partial charge in [-0.2, -0.15) is 17.0 Å².